The Bertz CT molecular complexity index is 242. The van der Waals surface area contributed by atoms with E-state index in [1.807, 2.05) is 0 Å². The summed E-state index contributed by atoms with van der Waals surface area (Å²) in [5, 5.41) is 12.0. The Hall–Kier alpha value is -0.860. The fraction of sp³-hybridized carbons (Fsp3) is 0.538. The molecule has 15 heavy (non-hydrogen) atoms. The molecule has 0 unspecified atom stereocenters. The van der Waals surface area contributed by atoms with Crippen LogP contribution in [0, 0.1) is 0 Å². The molecule has 0 atom stereocenters. The van der Waals surface area contributed by atoms with Crippen molar-refractivity contribution >= 4 is 0 Å². The van der Waals surface area contributed by atoms with Crippen molar-refractivity contribution in [3.63, 3.8) is 0 Å². The largest absolute Gasteiger partial charge is 0.255 e. The summed E-state index contributed by atoms with van der Waals surface area (Å²) < 4.78 is 0. The molecule has 0 radical (unpaired) electrons. The maximum absolute atomic E-state index is 6.00. The molecule has 1 aromatic carbocycles. The Morgan fingerprint density at radius 3 is 2.07 bits per heavy atom. The number of hydrogen-bond acceptors (Lipinski definition) is 2. The summed E-state index contributed by atoms with van der Waals surface area (Å²) in [6, 6.07) is 10.8. The summed E-state index contributed by atoms with van der Waals surface area (Å²) in [7, 11) is 0. The van der Waals surface area contributed by atoms with Gasteiger partial charge in [-0.15, -0.1) is 0 Å². The molecule has 2 nitrogen and oxygen atoms in total. The van der Waals surface area contributed by atoms with Gasteiger partial charge in [0, 0.05) is 0 Å². The molecule has 1 rings (SSSR count). The standard InChI is InChI=1S/C13H20.H2O2/c1-4-5-11-13(2,3)12-9-7-6-8-10-12;1-2/h6-10H,4-5,11H2,1-3H3;1-2H. The lowest BCUT2D eigenvalue weighted by molar-refractivity contribution is -0.176. The highest BCUT2D eigenvalue weighted by Crippen LogP contribution is 2.28. The van der Waals surface area contributed by atoms with Crippen molar-refractivity contribution in [3.8, 4) is 0 Å². The van der Waals surface area contributed by atoms with Gasteiger partial charge in [-0.1, -0.05) is 63.9 Å². The van der Waals surface area contributed by atoms with Crippen molar-refractivity contribution in [2.45, 2.75) is 45.4 Å². The Labute approximate surface area is 92.5 Å². The molecular weight excluding hydrogens is 188 g/mol. The van der Waals surface area contributed by atoms with Gasteiger partial charge in [-0.05, 0) is 17.4 Å². The molecule has 0 aliphatic heterocycles. The summed E-state index contributed by atoms with van der Waals surface area (Å²) in [4.78, 5) is 0. The number of hydrogen-bond donors (Lipinski definition) is 2. The van der Waals surface area contributed by atoms with Crippen LogP contribution in [-0.4, -0.2) is 10.5 Å². The number of rotatable bonds is 4. The van der Waals surface area contributed by atoms with Crippen LogP contribution in [0.3, 0.4) is 0 Å². The molecule has 2 heteroatoms. The second kappa shape index (κ2) is 7.43. The first-order valence-electron chi connectivity index (χ1n) is 5.42. The van der Waals surface area contributed by atoms with E-state index < -0.39 is 0 Å². The quantitative estimate of drug-likeness (QED) is 0.578. The van der Waals surface area contributed by atoms with Gasteiger partial charge in [0.15, 0.2) is 0 Å². The summed E-state index contributed by atoms with van der Waals surface area (Å²) in [6.45, 7) is 6.91. The molecule has 0 saturated heterocycles. The van der Waals surface area contributed by atoms with Gasteiger partial charge in [-0.25, -0.2) is 0 Å². The molecule has 0 fully saturated rings. The van der Waals surface area contributed by atoms with Gasteiger partial charge >= 0.3 is 0 Å². The SMILES string of the molecule is CCCCC(C)(C)c1ccccc1.OO. The molecule has 0 amide bonds. The van der Waals surface area contributed by atoms with E-state index in [1.165, 1.54) is 24.8 Å². The van der Waals surface area contributed by atoms with Crippen LogP contribution < -0.4 is 0 Å². The van der Waals surface area contributed by atoms with E-state index in [9.17, 15) is 0 Å². The highest BCUT2D eigenvalue weighted by molar-refractivity contribution is 5.23. The Kier molecular flexibility index (Phi) is 7.01. The number of benzene rings is 1. The van der Waals surface area contributed by atoms with E-state index in [1.54, 1.807) is 0 Å². The molecule has 0 heterocycles. The van der Waals surface area contributed by atoms with Crippen molar-refractivity contribution in [2.75, 3.05) is 0 Å². The molecule has 0 aromatic heterocycles. The van der Waals surface area contributed by atoms with E-state index in [0.717, 1.165) is 0 Å². The lowest BCUT2D eigenvalue weighted by Gasteiger charge is -2.24. The third-order valence-electron chi connectivity index (χ3n) is 2.71. The summed E-state index contributed by atoms with van der Waals surface area (Å²) in [6.07, 6.45) is 3.89. The Balaban J connectivity index is 0.000000921. The summed E-state index contributed by atoms with van der Waals surface area (Å²) in [5.41, 5.74) is 1.81. The average Bonchev–Trinajstić information content (AvgIpc) is 2.30. The molecule has 0 spiro atoms. The van der Waals surface area contributed by atoms with Crippen LogP contribution in [0.2, 0.25) is 0 Å². The molecule has 0 saturated carbocycles. The van der Waals surface area contributed by atoms with Gasteiger partial charge in [-0.3, -0.25) is 10.5 Å². The van der Waals surface area contributed by atoms with E-state index in [4.69, 9.17) is 10.5 Å². The van der Waals surface area contributed by atoms with Crippen LogP contribution in [0.5, 0.6) is 0 Å². The van der Waals surface area contributed by atoms with Crippen LogP contribution >= 0.6 is 0 Å². The van der Waals surface area contributed by atoms with Gasteiger partial charge in [0.1, 0.15) is 0 Å². The molecular formula is C13H22O2. The van der Waals surface area contributed by atoms with E-state index >= 15 is 0 Å². The van der Waals surface area contributed by atoms with Gasteiger partial charge in [0.05, 0.1) is 0 Å². The van der Waals surface area contributed by atoms with Crippen LogP contribution in [0.25, 0.3) is 0 Å². The van der Waals surface area contributed by atoms with Gasteiger partial charge in [0.25, 0.3) is 0 Å². The van der Waals surface area contributed by atoms with Crippen molar-refractivity contribution in [2.24, 2.45) is 0 Å². The molecule has 2 N–H and O–H groups in total. The summed E-state index contributed by atoms with van der Waals surface area (Å²) >= 11 is 0. The van der Waals surface area contributed by atoms with Crippen LogP contribution in [0.15, 0.2) is 30.3 Å². The zero-order valence-corrected chi connectivity index (χ0v) is 9.90. The molecule has 0 aliphatic carbocycles. The van der Waals surface area contributed by atoms with Crippen molar-refractivity contribution in [3.05, 3.63) is 35.9 Å². The van der Waals surface area contributed by atoms with E-state index in [2.05, 4.69) is 51.1 Å². The van der Waals surface area contributed by atoms with E-state index in [-0.39, 0.29) is 0 Å². The molecule has 0 bridgehead atoms. The highest BCUT2D eigenvalue weighted by Gasteiger charge is 2.18. The second-order valence-electron chi connectivity index (χ2n) is 4.35. The Morgan fingerprint density at radius 1 is 1.07 bits per heavy atom. The maximum Gasteiger partial charge on any atom is -0.0104 e. The molecule has 0 aliphatic rings. The van der Waals surface area contributed by atoms with Crippen LogP contribution in [-0.2, 0) is 5.41 Å². The average molecular weight is 210 g/mol. The first-order chi connectivity index (χ1) is 7.17. The minimum absolute atomic E-state index is 0.345. The first-order valence-corrected chi connectivity index (χ1v) is 5.42. The van der Waals surface area contributed by atoms with Crippen molar-refractivity contribution < 1.29 is 10.5 Å². The fourth-order valence-electron chi connectivity index (χ4n) is 1.65. The minimum atomic E-state index is 0.345. The fourth-order valence-corrected chi connectivity index (χ4v) is 1.65. The topological polar surface area (TPSA) is 40.5 Å². The monoisotopic (exact) mass is 210 g/mol. The van der Waals surface area contributed by atoms with Gasteiger partial charge in [-0.2, -0.15) is 0 Å². The summed E-state index contributed by atoms with van der Waals surface area (Å²) in [5.74, 6) is 0. The Morgan fingerprint density at radius 2 is 1.60 bits per heavy atom. The highest BCUT2D eigenvalue weighted by atomic mass is 17.0. The zero-order chi connectivity index (χ0) is 11.7. The van der Waals surface area contributed by atoms with Crippen LogP contribution in [0.1, 0.15) is 45.6 Å². The van der Waals surface area contributed by atoms with Gasteiger partial charge < -0.3 is 0 Å². The minimum Gasteiger partial charge on any atom is -0.255 e. The van der Waals surface area contributed by atoms with Crippen LogP contribution in [0.4, 0.5) is 0 Å². The second-order valence-corrected chi connectivity index (χ2v) is 4.35. The number of unbranched alkanes of at least 4 members (excludes halogenated alkanes) is 1. The molecule has 1 aromatic rings. The normalized spacial score (nSPS) is 10.5. The van der Waals surface area contributed by atoms with Crippen molar-refractivity contribution in [1.82, 2.24) is 0 Å². The third kappa shape index (κ3) is 4.96. The lowest BCUT2D eigenvalue weighted by Crippen LogP contribution is -2.16. The maximum atomic E-state index is 6.00. The predicted octanol–water partition coefficient (Wildman–Crippen LogP) is 4.17. The molecule has 86 valence electrons. The smallest absolute Gasteiger partial charge is 0.0104 e. The predicted molar refractivity (Wildman–Crippen MR) is 64.3 cm³/mol. The zero-order valence-electron chi connectivity index (χ0n) is 9.90. The van der Waals surface area contributed by atoms with E-state index in [0.29, 0.717) is 5.41 Å². The van der Waals surface area contributed by atoms with Gasteiger partial charge in [0.2, 0.25) is 0 Å². The third-order valence-corrected chi connectivity index (χ3v) is 2.71. The first kappa shape index (κ1) is 14.1. The van der Waals surface area contributed by atoms with Crippen molar-refractivity contribution in [1.29, 1.82) is 0 Å². The lowest BCUT2D eigenvalue weighted by atomic mass is 9.80.